The molecule has 0 saturated carbocycles. The highest BCUT2D eigenvalue weighted by molar-refractivity contribution is 6.52. The van der Waals surface area contributed by atoms with E-state index in [1.165, 1.54) is 42.5 Å². The molecule has 0 bridgehead atoms. The summed E-state index contributed by atoms with van der Waals surface area (Å²) in [6, 6.07) is 13.4. The molecule has 4 rings (SSSR count). The molecule has 0 aromatic heterocycles. The third-order valence-corrected chi connectivity index (χ3v) is 5.81. The molecular formula is C25H19Cl2NO6. The molecule has 34 heavy (non-hydrogen) atoms. The Bertz CT molecular complexity index is 1340. The van der Waals surface area contributed by atoms with Crippen molar-refractivity contribution in [1.29, 1.82) is 0 Å². The maximum Gasteiger partial charge on any atom is 0.300 e. The van der Waals surface area contributed by atoms with Crippen LogP contribution < -0.4 is 9.64 Å². The lowest BCUT2D eigenvalue weighted by Crippen LogP contribution is -2.29. The Kier molecular flexibility index (Phi) is 6.41. The Morgan fingerprint density at radius 3 is 2.38 bits per heavy atom. The number of aliphatic hydroxyl groups excluding tert-OH is 1. The summed E-state index contributed by atoms with van der Waals surface area (Å²) in [5, 5.41) is 32.3. The van der Waals surface area contributed by atoms with Crippen LogP contribution in [0.15, 0.2) is 66.2 Å². The summed E-state index contributed by atoms with van der Waals surface area (Å²) < 4.78 is 5.47. The minimum atomic E-state index is -1.16. The van der Waals surface area contributed by atoms with Crippen LogP contribution in [0.5, 0.6) is 17.2 Å². The van der Waals surface area contributed by atoms with E-state index in [1.807, 2.05) is 0 Å². The summed E-state index contributed by atoms with van der Waals surface area (Å²) in [6.07, 6.45) is 0. The van der Waals surface area contributed by atoms with Crippen molar-refractivity contribution in [3.05, 3.63) is 87.4 Å². The fraction of sp³-hybridized carbons (Fsp3) is 0.120. The fourth-order valence-electron chi connectivity index (χ4n) is 3.85. The number of nitrogens with zero attached hydrogens (tertiary/aromatic N) is 1. The van der Waals surface area contributed by atoms with E-state index in [4.69, 9.17) is 27.9 Å². The minimum Gasteiger partial charge on any atom is -0.507 e. The first-order chi connectivity index (χ1) is 16.2. The van der Waals surface area contributed by atoms with Crippen molar-refractivity contribution in [2.24, 2.45) is 0 Å². The first-order valence-electron chi connectivity index (χ1n) is 10.2. The van der Waals surface area contributed by atoms with Crippen LogP contribution in [0.2, 0.25) is 10.0 Å². The molecule has 1 fully saturated rings. The van der Waals surface area contributed by atoms with E-state index >= 15 is 0 Å². The van der Waals surface area contributed by atoms with Gasteiger partial charge in [-0.3, -0.25) is 14.5 Å². The Labute approximate surface area is 205 Å². The van der Waals surface area contributed by atoms with E-state index in [-0.39, 0.29) is 45.7 Å². The lowest BCUT2D eigenvalue weighted by atomic mass is 9.94. The maximum absolute atomic E-state index is 13.2. The normalized spacial score (nSPS) is 17.3. The van der Waals surface area contributed by atoms with Crippen LogP contribution in [-0.2, 0) is 9.59 Å². The number of amides is 1. The van der Waals surface area contributed by atoms with Crippen LogP contribution in [0.3, 0.4) is 0 Å². The topological polar surface area (TPSA) is 107 Å². The Morgan fingerprint density at radius 1 is 0.971 bits per heavy atom. The second-order valence-corrected chi connectivity index (χ2v) is 8.35. The van der Waals surface area contributed by atoms with E-state index in [9.17, 15) is 24.9 Å². The molecule has 1 aliphatic rings. The summed E-state index contributed by atoms with van der Waals surface area (Å²) in [4.78, 5) is 27.5. The molecule has 1 saturated heterocycles. The van der Waals surface area contributed by atoms with E-state index < -0.39 is 23.5 Å². The van der Waals surface area contributed by atoms with E-state index in [1.54, 1.807) is 25.1 Å². The molecular weight excluding hydrogens is 481 g/mol. The number of halogens is 2. The molecule has 3 N–H and O–H groups in total. The number of Topliss-reactive ketones (excluding diaryl/α,β-unsaturated/α-hetero) is 1. The highest BCUT2D eigenvalue weighted by Gasteiger charge is 2.48. The Balaban J connectivity index is 2.00. The third-order valence-electron chi connectivity index (χ3n) is 5.34. The predicted molar refractivity (Wildman–Crippen MR) is 129 cm³/mol. The Morgan fingerprint density at radius 2 is 1.68 bits per heavy atom. The van der Waals surface area contributed by atoms with Crippen LogP contribution in [0.1, 0.15) is 24.1 Å². The predicted octanol–water partition coefficient (Wildman–Crippen LogP) is 5.43. The lowest BCUT2D eigenvalue weighted by Gasteiger charge is -2.26. The highest BCUT2D eigenvalue weighted by atomic mass is 35.5. The molecule has 174 valence electrons. The number of hydrogen-bond donors (Lipinski definition) is 3. The molecule has 1 heterocycles. The zero-order valence-corrected chi connectivity index (χ0v) is 19.3. The largest absolute Gasteiger partial charge is 0.507 e. The van der Waals surface area contributed by atoms with Gasteiger partial charge in [0.25, 0.3) is 11.7 Å². The molecule has 1 amide bonds. The molecule has 0 spiro atoms. The first-order valence-corrected chi connectivity index (χ1v) is 11.0. The van der Waals surface area contributed by atoms with Gasteiger partial charge in [0.2, 0.25) is 0 Å². The van der Waals surface area contributed by atoms with Crippen LogP contribution in [-0.4, -0.2) is 33.6 Å². The summed E-state index contributed by atoms with van der Waals surface area (Å²) in [5.74, 6) is -2.68. The van der Waals surface area contributed by atoms with Crippen molar-refractivity contribution in [2.75, 3.05) is 11.5 Å². The third kappa shape index (κ3) is 4.16. The number of rotatable bonds is 5. The van der Waals surface area contributed by atoms with Gasteiger partial charge in [-0.1, -0.05) is 41.4 Å². The van der Waals surface area contributed by atoms with Gasteiger partial charge in [0.15, 0.2) is 11.5 Å². The van der Waals surface area contributed by atoms with Gasteiger partial charge in [0.1, 0.15) is 11.5 Å². The monoisotopic (exact) mass is 499 g/mol. The van der Waals surface area contributed by atoms with Gasteiger partial charge in [-0.25, -0.2) is 0 Å². The molecule has 7 nitrogen and oxygen atoms in total. The van der Waals surface area contributed by atoms with Crippen molar-refractivity contribution in [3.8, 4) is 17.2 Å². The molecule has 3 aromatic carbocycles. The summed E-state index contributed by atoms with van der Waals surface area (Å²) in [7, 11) is 0. The first kappa shape index (κ1) is 23.5. The van der Waals surface area contributed by atoms with Gasteiger partial charge >= 0.3 is 0 Å². The number of carbonyl (C=O) groups is 2. The maximum atomic E-state index is 13.2. The quantitative estimate of drug-likeness (QED) is 0.245. The molecule has 0 radical (unpaired) electrons. The van der Waals surface area contributed by atoms with Crippen molar-refractivity contribution in [1.82, 2.24) is 0 Å². The van der Waals surface area contributed by atoms with E-state index in [0.717, 1.165) is 4.90 Å². The number of anilines is 1. The van der Waals surface area contributed by atoms with E-state index in [0.29, 0.717) is 10.6 Å². The SMILES string of the molecule is CCOc1cc(C2/C(=C(\O)c3cccc(Cl)c3)C(=O)C(=O)N2c2cc(Cl)ccc2O)ccc1O. The van der Waals surface area contributed by atoms with Crippen molar-refractivity contribution < 1.29 is 29.6 Å². The van der Waals surface area contributed by atoms with Gasteiger partial charge in [0, 0.05) is 15.6 Å². The van der Waals surface area contributed by atoms with Gasteiger partial charge in [0.05, 0.1) is 23.9 Å². The number of aliphatic hydroxyl groups is 1. The van der Waals surface area contributed by atoms with Gasteiger partial charge < -0.3 is 20.1 Å². The highest BCUT2D eigenvalue weighted by Crippen LogP contribution is 2.46. The van der Waals surface area contributed by atoms with Gasteiger partial charge in [-0.2, -0.15) is 0 Å². The smallest absolute Gasteiger partial charge is 0.300 e. The van der Waals surface area contributed by atoms with E-state index in [2.05, 4.69) is 0 Å². The van der Waals surface area contributed by atoms with Gasteiger partial charge in [-0.05, 0) is 55.0 Å². The number of carbonyl (C=O) groups excluding carboxylic acids is 2. The second kappa shape index (κ2) is 9.29. The molecule has 9 heteroatoms. The van der Waals surface area contributed by atoms with Crippen LogP contribution >= 0.6 is 23.2 Å². The minimum absolute atomic E-state index is 0.0178. The number of benzene rings is 3. The van der Waals surface area contributed by atoms with Crippen LogP contribution in [0.25, 0.3) is 5.76 Å². The summed E-state index contributed by atoms with van der Waals surface area (Å²) in [6.45, 7) is 2.00. The van der Waals surface area contributed by atoms with Gasteiger partial charge in [-0.15, -0.1) is 0 Å². The molecule has 3 aromatic rings. The number of aromatic hydroxyl groups is 2. The van der Waals surface area contributed by atoms with Crippen LogP contribution in [0, 0.1) is 0 Å². The number of phenolic OH excluding ortho intramolecular Hbond substituents is 2. The summed E-state index contributed by atoms with van der Waals surface area (Å²) >= 11 is 12.2. The summed E-state index contributed by atoms with van der Waals surface area (Å²) in [5.41, 5.74) is 0.341. The van der Waals surface area contributed by atoms with Crippen molar-refractivity contribution >= 4 is 46.3 Å². The standard InChI is InChI=1S/C25H19Cl2NO6/c1-2-34-20-11-13(6-8-19(20)30)22-21(23(31)14-4-3-5-15(26)10-14)24(32)25(33)28(22)17-12-16(27)7-9-18(17)29/h3-12,22,29-31H,2H2,1H3/b23-21+. The van der Waals surface area contributed by atoms with Crippen molar-refractivity contribution in [2.45, 2.75) is 13.0 Å². The molecule has 1 atom stereocenters. The molecule has 0 aliphatic carbocycles. The number of hydrogen-bond acceptors (Lipinski definition) is 6. The molecule has 1 aliphatic heterocycles. The Hall–Kier alpha value is -3.68. The van der Waals surface area contributed by atoms with Crippen molar-refractivity contribution in [3.63, 3.8) is 0 Å². The number of ether oxygens (including phenoxy) is 1. The average Bonchev–Trinajstić information content (AvgIpc) is 3.07. The zero-order chi connectivity index (χ0) is 24.6. The second-order valence-electron chi connectivity index (χ2n) is 7.47. The number of ketones is 1. The van der Waals surface area contributed by atoms with Crippen LogP contribution in [0.4, 0.5) is 5.69 Å². The number of phenols is 2. The molecule has 1 unspecified atom stereocenters. The average molecular weight is 500 g/mol. The zero-order valence-electron chi connectivity index (χ0n) is 17.8. The fourth-order valence-corrected chi connectivity index (χ4v) is 4.21. The lowest BCUT2D eigenvalue weighted by molar-refractivity contribution is -0.132.